The summed E-state index contributed by atoms with van der Waals surface area (Å²) in [6, 6.07) is 6.88. The number of hydrogen-bond donors (Lipinski definition) is 1. The normalized spacial score (nSPS) is 11.7. The molecule has 0 aliphatic rings. The van der Waals surface area contributed by atoms with E-state index < -0.39 is 10.0 Å². The highest BCUT2D eigenvalue weighted by Crippen LogP contribution is 2.11. The standard InChI is InChI=1S/C13H20ClNO2S/c1-2-3-4-11-15-18(16,17)13-7-5-12(6-8-13)9-10-14/h5-8,15H,2-4,9-11H2,1H3. The van der Waals surface area contributed by atoms with Crippen LogP contribution in [0.25, 0.3) is 0 Å². The van der Waals surface area contributed by atoms with Crippen molar-refractivity contribution in [2.24, 2.45) is 0 Å². The van der Waals surface area contributed by atoms with E-state index in [1.165, 1.54) is 0 Å². The number of rotatable bonds is 8. The monoisotopic (exact) mass is 289 g/mol. The van der Waals surface area contributed by atoms with Crippen LogP contribution in [0.2, 0.25) is 0 Å². The summed E-state index contributed by atoms with van der Waals surface area (Å²) < 4.78 is 26.5. The lowest BCUT2D eigenvalue weighted by atomic mass is 10.2. The molecule has 1 aromatic carbocycles. The molecule has 3 nitrogen and oxygen atoms in total. The molecule has 0 atom stereocenters. The number of hydrogen-bond acceptors (Lipinski definition) is 2. The third-order valence-electron chi connectivity index (χ3n) is 2.69. The SMILES string of the molecule is CCCCCNS(=O)(=O)c1ccc(CCCl)cc1. The Balaban J connectivity index is 2.61. The smallest absolute Gasteiger partial charge is 0.211 e. The van der Waals surface area contributed by atoms with Crippen LogP contribution in [0.1, 0.15) is 31.7 Å². The molecule has 0 unspecified atom stereocenters. The Morgan fingerprint density at radius 1 is 1.17 bits per heavy atom. The summed E-state index contributed by atoms with van der Waals surface area (Å²) in [5, 5.41) is 0. The Bertz CT molecular complexity index is 443. The Morgan fingerprint density at radius 2 is 1.83 bits per heavy atom. The minimum Gasteiger partial charge on any atom is -0.211 e. The van der Waals surface area contributed by atoms with Crippen LogP contribution in [0.3, 0.4) is 0 Å². The number of aryl methyl sites for hydroxylation is 1. The molecule has 0 saturated carbocycles. The molecule has 0 saturated heterocycles. The van der Waals surface area contributed by atoms with E-state index in [9.17, 15) is 8.42 Å². The average molecular weight is 290 g/mol. The first-order valence-corrected chi connectivity index (χ1v) is 8.26. The molecule has 0 spiro atoms. The fourth-order valence-corrected chi connectivity index (χ4v) is 2.90. The summed E-state index contributed by atoms with van der Waals surface area (Å²) in [6.45, 7) is 2.59. The van der Waals surface area contributed by atoms with Gasteiger partial charge in [0.15, 0.2) is 0 Å². The maximum Gasteiger partial charge on any atom is 0.240 e. The molecule has 5 heteroatoms. The molecule has 0 fully saturated rings. The number of unbranched alkanes of at least 4 members (excludes halogenated alkanes) is 2. The lowest BCUT2D eigenvalue weighted by Crippen LogP contribution is -2.24. The third-order valence-corrected chi connectivity index (χ3v) is 4.36. The van der Waals surface area contributed by atoms with Gasteiger partial charge in [0.05, 0.1) is 4.90 Å². The van der Waals surface area contributed by atoms with Crippen LogP contribution in [0.4, 0.5) is 0 Å². The van der Waals surface area contributed by atoms with E-state index >= 15 is 0 Å². The molecule has 1 N–H and O–H groups in total. The van der Waals surface area contributed by atoms with Crippen molar-refractivity contribution in [1.82, 2.24) is 4.72 Å². The van der Waals surface area contributed by atoms with Gasteiger partial charge in [-0.1, -0.05) is 31.9 Å². The number of benzene rings is 1. The predicted octanol–water partition coefficient (Wildman–Crippen LogP) is 2.94. The number of sulfonamides is 1. The Hall–Kier alpha value is -0.580. The van der Waals surface area contributed by atoms with Gasteiger partial charge in [0.1, 0.15) is 0 Å². The van der Waals surface area contributed by atoms with Gasteiger partial charge in [0.25, 0.3) is 0 Å². The fraction of sp³-hybridized carbons (Fsp3) is 0.538. The predicted molar refractivity (Wildman–Crippen MR) is 75.6 cm³/mol. The first-order chi connectivity index (χ1) is 8.60. The van der Waals surface area contributed by atoms with E-state index in [0.717, 1.165) is 31.2 Å². The minimum absolute atomic E-state index is 0.317. The van der Waals surface area contributed by atoms with E-state index in [2.05, 4.69) is 11.6 Å². The first kappa shape index (κ1) is 15.5. The summed E-state index contributed by atoms with van der Waals surface area (Å²) in [5.74, 6) is 0.543. The van der Waals surface area contributed by atoms with Gasteiger partial charge < -0.3 is 0 Å². The van der Waals surface area contributed by atoms with Gasteiger partial charge in [-0.3, -0.25) is 0 Å². The Kier molecular flexibility index (Phi) is 6.68. The second kappa shape index (κ2) is 7.77. The zero-order valence-electron chi connectivity index (χ0n) is 10.7. The van der Waals surface area contributed by atoms with E-state index in [0.29, 0.717) is 17.3 Å². The molecule has 0 radical (unpaired) electrons. The molecule has 0 aliphatic heterocycles. The number of nitrogens with one attached hydrogen (secondary N) is 1. The summed E-state index contributed by atoms with van der Waals surface area (Å²) in [7, 11) is -3.36. The largest absolute Gasteiger partial charge is 0.240 e. The summed E-state index contributed by atoms with van der Waals surface area (Å²) in [6.07, 6.45) is 3.75. The molecule has 18 heavy (non-hydrogen) atoms. The van der Waals surface area contributed by atoms with Crippen molar-refractivity contribution in [2.75, 3.05) is 12.4 Å². The van der Waals surface area contributed by atoms with Crippen LogP contribution in [0.15, 0.2) is 29.2 Å². The van der Waals surface area contributed by atoms with E-state index in [1.807, 2.05) is 12.1 Å². The summed E-state index contributed by atoms with van der Waals surface area (Å²) >= 11 is 5.63. The van der Waals surface area contributed by atoms with Gasteiger partial charge in [-0.05, 0) is 30.5 Å². The molecule has 0 bridgehead atoms. The molecule has 0 heterocycles. The zero-order chi connectivity index (χ0) is 13.4. The zero-order valence-corrected chi connectivity index (χ0v) is 12.2. The first-order valence-electron chi connectivity index (χ1n) is 6.24. The van der Waals surface area contributed by atoms with E-state index in [1.54, 1.807) is 12.1 Å². The van der Waals surface area contributed by atoms with Gasteiger partial charge in [-0.15, -0.1) is 11.6 Å². The molecule has 1 aromatic rings. The van der Waals surface area contributed by atoms with Gasteiger partial charge in [-0.25, -0.2) is 13.1 Å². The molecular weight excluding hydrogens is 270 g/mol. The highest BCUT2D eigenvalue weighted by molar-refractivity contribution is 7.89. The molecule has 0 aromatic heterocycles. The van der Waals surface area contributed by atoms with Gasteiger partial charge in [-0.2, -0.15) is 0 Å². The number of alkyl halides is 1. The average Bonchev–Trinajstić information content (AvgIpc) is 2.36. The van der Waals surface area contributed by atoms with Crippen molar-refractivity contribution >= 4 is 21.6 Å². The van der Waals surface area contributed by atoms with Crippen molar-refractivity contribution in [3.05, 3.63) is 29.8 Å². The highest BCUT2D eigenvalue weighted by atomic mass is 35.5. The second-order valence-corrected chi connectivity index (χ2v) is 6.33. The molecule has 0 amide bonds. The number of halogens is 1. The van der Waals surface area contributed by atoms with Gasteiger partial charge >= 0.3 is 0 Å². The summed E-state index contributed by atoms with van der Waals surface area (Å²) in [5.41, 5.74) is 1.05. The van der Waals surface area contributed by atoms with E-state index in [4.69, 9.17) is 11.6 Å². The van der Waals surface area contributed by atoms with Gasteiger partial charge in [0, 0.05) is 12.4 Å². The van der Waals surface area contributed by atoms with Crippen molar-refractivity contribution in [1.29, 1.82) is 0 Å². The third kappa shape index (κ3) is 4.96. The second-order valence-electron chi connectivity index (χ2n) is 4.19. The molecule has 1 rings (SSSR count). The van der Waals surface area contributed by atoms with Crippen LogP contribution in [0, 0.1) is 0 Å². The van der Waals surface area contributed by atoms with E-state index in [-0.39, 0.29) is 0 Å². The minimum atomic E-state index is -3.36. The van der Waals surface area contributed by atoms with Crippen LogP contribution >= 0.6 is 11.6 Å². The van der Waals surface area contributed by atoms with Crippen molar-refractivity contribution in [3.63, 3.8) is 0 Å². The fourth-order valence-electron chi connectivity index (χ4n) is 1.61. The van der Waals surface area contributed by atoms with Crippen LogP contribution < -0.4 is 4.72 Å². The van der Waals surface area contributed by atoms with Crippen LogP contribution in [0.5, 0.6) is 0 Å². The molecule has 102 valence electrons. The van der Waals surface area contributed by atoms with Crippen LogP contribution in [-0.4, -0.2) is 20.8 Å². The highest BCUT2D eigenvalue weighted by Gasteiger charge is 2.12. The van der Waals surface area contributed by atoms with Crippen molar-refractivity contribution in [3.8, 4) is 0 Å². The molecule has 0 aliphatic carbocycles. The Morgan fingerprint density at radius 3 is 2.39 bits per heavy atom. The quantitative estimate of drug-likeness (QED) is 0.591. The van der Waals surface area contributed by atoms with Crippen molar-refractivity contribution in [2.45, 2.75) is 37.5 Å². The van der Waals surface area contributed by atoms with Gasteiger partial charge in [0.2, 0.25) is 10.0 Å². The topological polar surface area (TPSA) is 46.2 Å². The van der Waals surface area contributed by atoms with Crippen molar-refractivity contribution < 1.29 is 8.42 Å². The van der Waals surface area contributed by atoms with Crippen LogP contribution in [-0.2, 0) is 16.4 Å². The summed E-state index contributed by atoms with van der Waals surface area (Å²) in [4.78, 5) is 0.317. The lowest BCUT2D eigenvalue weighted by molar-refractivity contribution is 0.576. The lowest BCUT2D eigenvalue weighted by Gasteiger charge is -2.07. The maximum absolute atomic E-state index is 11.9. The maximum atomic E-state index is 11.9. The Labute approximate surface area is 115 Å². The molecular formula is C13H20ClNO2S.